The summed E-state index contributed by atoms with van der Waals surface area (Å²) in [5.74, 6) is 3.02. The maximum Gasteiger partial charge on any atom is 0.247 e. The highest BCUT2D eigenvalue weighted by molar-refractivity contribution is 5.82. The van der Waals surface area contributed by atoms with Gasteiger partial charge in [0.2, 0.25) is 5.88 Å². The molecule has 0 fully saturated rings. The van der Waals surface area contributed by atoms with E-state index in [0.29, 0.717) is 12.5 Å². The minimum absolute atomic E-state index is 0.509. The summed E-state index contributed by atoms with van der Waals surface area (Å²) in [7, 11) is 1.68. The normalized spacial score (nSPS) is 12.9. The fraction of sp³-hybridized carbons (Fsp3) is 0.200. The second-order valence-corrected chi connectivity index (χ2v) is 5.95. The molecule has 4 nitrogen and oxygen atoms in total. The van der Waals surface area contributed by atoms with Crippen molar-refractivity contribution in [2.24, 2.45) is 0 Å². The standard InChI is InChI=1S/C20H19NO3/c1-13-8-9-16-15(10-13)12-23-19-11-14(2)24-20(19)21(16)17-6-4-5-7-18(17)22-3/h4-11H,12H2,1-3H3. The van der Waals surface area contributed by atoms with Gasteiger partial charge in [-0.2, -0.15) is 0 Å². The second-order valence-electron chi connectivity index (χ2n) is 5.95. The average Bonchev–Trinajstić information content (AvgIpc) is 2.89. The summed E-state index contributed by atoms with van der Waals surface area (Å²) in [5.41, 5.74) is 4.28. The number of fused-ring (bicyclic) bond motifs is 2. The number of nitrogens with zero attached hydrogens (tertiary/aromatic N) is 1. The van der Waals surface area contributed by atoms with E-state index in [0.717, 1.165) is 34.2 Å². The number of rotatable bonds is 2. The first kappa shape index (κ1) is 14.7. The molecule has 0 amide bonds. The van der Waals surface area contributed by atoms with Gasteiger partial charge in [-0.15, -0.1) is 0 Å². The van der Waals surface area contributed by atoms with Gasteiger partial charge in [0.05, 0.1) is 18.5 Å². The van der Waals surface area contributed by atoms with E-state index in [1.807, 2.05) is 37.3 Å². The molecule has 0 atom stereocenters. The third-order valence-corrected chi connectivity index (χ3v) is 4.19. The van der Waals surface area contributed by atoms with Gasteiger partial charge < -0.3 is 13.9 Å². The molecule has 24 heavy (non-hydrogen) atoms. The number of aryl methyl sites for hydroxylation is 2. The number of para-hydroxylation sites is 2. The minimum atomic E-state index is 0.509. The topological polar surface area (TPSA) is 34.8 Å². The van der Waals surface area contributed by atoms with Gasteiger partial charge in [-0.05, 0) is 32.0 Å². The Morgan fingerprint density at radius 1 is 1.00 bits per heavy atom. The van der Waals surface area contributed by atoms with Crippen LogP contribution < -0.4 is 14.4 Å². The van der Waals surface area contributed by atoms with E-state index in [2.05, 4.69) is 30.0 Å². The zero-order valence-corrected chi connectivity index (χ0v) is 14.0. The second kappa shape index (κ2) is 5.64. The highest BCUT2D eigenvalue weighted by atomic mass is 16.5. The van der Waals surface area contributed by atoms with Gasteiger partial charge >= 0.3 is 0 Å². The third kappa shape index (κ3) is 2.31. The maximum absolute atomic E-state index is 6.00. The monoisotopic (exact) mass is 321 g/mol. The molecule has 0 bridgehead atoms. The lowest BCUT2D eigenvalue weighted by atomic mass is 10.1. The molecular weight excluding hydrogens is 302 g/mol. The van der Waals surface area contributed by atoms with Gasteiger partial charge in [0.15, 0.2) is 5.75 Å². The molecule has 0 unspecified atom stereocenters. The lowest BCUT2D eigenvalue weighted by Gasteiger charge is -2.24. The van der Waals surface area contributed by atoms with Crippen molar-refractivity contribution >= 4 is 17.3 Å². The Kier molecular flexibility index (Phi) is 3.45. The van der Waals surface area contributed by atoms with Gasteiger partial charge in [0.1, 0.15) is 18.1 Å². The smallest absolute Gasteiger partial charge is 0.247 e. The van der Waals surface area contributed by atoms with Crippen molar-refractivity contribution in [1.82, 2.24) is 0 Å². The molecular formula is C20H19NO3. The van der Waals surface area contributed by atoms with Crippen LogP contribution in [0.2, 0.25) is 0 Å². The lowest BCUT2D eigenvalue weighted by molar-refractivity contribution is 0.308. The van der Waals surface area contributed by atoms with Crippen LogP contribution in [0.5, 0.6) is 11.5 Å². The summed E-state index contributed by atoms with van der Waals surface area (Å²) >= 11 is 0. The maximum atomic E-state index is 6.00. The fourth-order valence-corrected chi connectivity index (χ4v) is 3.10. The predicted molar refractivity (Wildman–Crippen MR) is 93.7 cm³/mol. The van der Waals surface area contributed by atoms with E-state index in [1.54, 1.807) is 7.11 Å². The average molecular weight is 321 g/mol. The van der Waals surface area contributed by atoms with E-state index in [9.17, 15) is 0 Å². The zero-order chi connectivity index (χ0) is 16.7. The number of hydrogen-bond acceptors (Lipinski definition) is 4. The van der Waals surface area contributed by atoms with Gasteiger partial charge in [-0.1, -0.05) is 29.8 Å². The predicted octanol–water partition coefficient (Wildman–Crippen LogP) is 5.27. The Labute approximate surface area is 141 Å². The van der Waals surface area contributed by atoms with E-state index >= 15 is 0 Å². The van der Waals surface area contributed by atoms with E-state index < -0.39 is 0 Å². The molecule has 0 aliphatic carbocycles. The van der Waals surface area contributed by atoms with Crippen LogP contribution >= 0.6 is 0 Å². The summed E-state index contributed by atoms with van der Waals surface area (Å²) in [6.07, 6.45) is 0. The van der Waals surface area contributed by atoms with Crippen LogP contribution in [0.4, 0.5) is 17.3 Å². The number of anilines is 3. The molecule has 0 N–H and O–H groups in total. The van der Waals surface area contributed by atoms with Gasteiger partial charge in [-0.3, -0.25) is 4.90 Å². The lowest BCUT2D eigenvalue weighted by Crippen LogP contribution is -2.11. The van der Waals surface area contributed by atoms with Crippen molar-refractivity contribution in [3.63, 3.8) is 0 Å². The highest BCUT2D eigenvalue weighted by Gasteiger charge is 2.28. The number of methoxy groups -OCH3 is 1. The molecule has 0 radical (unpaired) electrons. The molecule has 1 aliphatic rings. The molecule has 0 saturated heterocycles. The highest BCUT2D eigenvalue weighted by Crippen LogP contribution is 2.48. The largest absolute Gasteiger partial charge is 0.495 e. The van der Waals surface area contributed by atoms with E-state index in [4.69, 9.17) is 13.9 Å². The van der Waals surface area contributed by atoms with Gasteiger partial charge in [-0.25, -0.2) is 0 Å². The van der Waals surface area contributed by atoms with Gasteiger partial charge in [0.25, 0.3) is 0 Å². The Balaban J connectivity index is 2.00. The number of furan rings is 1. The number of benzene rings is 2. The summed E-state index contributed by atoms with van der Waals surface area (Å²) < 4.78 is 17.6. The van der Waals surface area contributed by atoms with Crippen molar-refractivity contribution in [2.75, 3.05) is 12.0 Å². The molecule has 4 rings (SSSR count). The minimum Gasteiger partial charge on any atom is -0.495 e. The Morgan fingerprint density at radius 2 is 1.83 bits per heavy atom. The van der Waals surface area contributed by atoms with E-state index in [-0.39, 0.29) is 0 Å². The summed E-state index contributed by atoms with van der Waals surface area (Å²) in [5, 5.41) is 0. The summed E-state index contributed by atoms with van der Waals surface area (Å²) in [4.78, 5) is 2.07. The molecule has 1 aliphatic heterocycles. The molecule has 122 valence electrons. The van der Waals surface area contributed by atoms with Crippen LogP contribution in [-0.2, 0) is 6.61 Å². The summed E-state index contributed by atoms with van der Waals surface area (Å²) in [6.45, 7) is 4.52. The van der Waals surface area contributed by atoms with Crippen molar-refractivity contribution in [3.05, 3.63) is 65.4 Å². The van der Waals surface area contributed by atoms with Crippen LogP contribution in [0.1, 0.15) is 16.9 Å². The Bertz CT molecular complexity index is 898. The molecule has 3 aromatic rings. The SMILES string of the molecule is COc1ccccc1N1c2ccc(C)cc2COc2cc(C)oc21. The first-order valence-electron chi connectivity index (χ1n) is 7.93. The molecule has 1 aromatic heterocycles. The zero-order valence-electron chi connectivity index (χ0n) is 14.0. The Hall–Kier alpha value is -2.88. The van der Waals surface area contributed by atoms with E-state index in [1.165, 1.54) is 5.56 Å². The molecule has 2 aromatic carbocycles. The number of hydrogen-bond donors (Lipinski definition) is 0. The first-order valence-corrected chi connectivity index (χ1v) is 7.93. The third-order valence-electron chi connectivity index (χ3n) is 4.19. The molecule has 0 spiro atoms. The summed E-state index contributed by atoms with van der Waals surface area (Å²) in [6, 6.07) is 16.2. The van der Waals surface area contributed by atoms with Crippen LogP contribution in [-0.4, -0.2) is 7.11 Å². The van der Waals surface area contributed by atoms with Crippen LogP contribution in [0, 0.1) is 13.8 Å². The number of ether oxygens (including phenoxy) is 2. The van der Waals surface area contributed by atoms with Crippen molar-refractivity contribution in [1.29, 1.82) is 0 Å². The molecule has 2 heterocycles. The quantitative estimate of drug-likeness (QED) is 0.644. The van der Waals surface area contributed by atoms with Crippen molar-refractivity contribution in [2.45, 2.75) is 20.5 Å². The van der Waals surface area contributed by atoms with Crippen molar-refractivity contribution in [3.8, 4) is 11.5 Å². The first-order chi connectivity index (χ1) is 11.7. The van der Waals surface area contributed by atoms with Crippen molar-refractivity contribution < 1.29 is 13.9 Å². The van der Waals surface area contributed by atoms with Gasteiger partial charge in [0, 0.05) is 11.6 Å². The molecule has 0 saturated carbocycles. The fourth-order valence-electron chi connectivity index (χ4n) is 3.10. The Morgan fingerprint density at radius 3 is 2.67 bits per heavy atom. The van der Waals surface area contributed by atoms with Crippen LogP contribution in [0.15, 0.2) is 52.9 Å². The molecule has 4 heteroatoms. The van der Waals surface area contributed by atoms with Crippen LogP contribution in [0.3, 0.4) is 0 Å². The van der Waals surface area contributed by atoms with Crippen LogP contribution in [0.25, 0.3) is 0 Å².